The Bertz CT molecular complexity index is 778. The lowest BCUT2D eigenvalue weighted by atomic mass is 9.65. The zero-order chi connectivity index (χ0) is 15.7. The van der Waals surface area contributed by atoms with Crippen LogP contribution in [0, 0.1) is 18.8 Å². The Kier molecular flexibility index (Phi) is 2.88. The minimum Gasteiger partial charge on any atom is -0.508 e. The SMILES string of the molecule is CC[C@H]1C[C@H]2C[C@H]3c4[nH]c5c(C)cc(O)cc5c4CCN(C2)C13. The molecular weight excluding hydrogens is 284 g/mol. The molecule has 2 unspecified atom stereocenters. The number of aromatic hydroxyl groups is 1. The van der Waals surface area contributed by atoms with Crippen LogP contribution in [0.15, 0.2) is 12.1 Å². The van der Waals surface area contributed by atoms with Gasteiger partial charge in [-0.3, -0.25) is 4.90 Å². The molecule has 0 radical (unpaired) electrons. The van der Waals surface area contributed by atoms with Gasteiger partial charge in [-0.2, -0.15) is 0 Å². The number of nitrogens with one attached hydrogen (secondary N) is 1. The van der Waals surface area contributed by atoms with Crippen molar-refractivity contribution >= 4 is 10.9 Å². The summed E-state index contributed by atoms with van der Waals surface area (Å²) >= 11 is 0. The number of H-pyrrole nitrogens is 1. The quantitative estimate of drug-likeness (QED) is 0.837. The van der Waals surface area contributed by atoms with E-state index in [1.165, 1.54) is 54.5 Å². The van der Waals surface area contributed by atoms with Gasteiger partial charge in [0.1, 0.15) is 5.75 Å². The Hall–Kier alpha value is -1.48. The minimum atomic E-state index is 0.400. The number of piperidine rings is 2. The molecule has 2 saturated heterocycles. The van der Waals surface area contributed by atoms with E-state index in [-0.39, 0.29) is 0 Å². The average molecular weight is 310 g/mol. The number of fused-ring (bicyclic) bond motifs is 4. The van der Waals surface area contributed by atoms with Gasteiger partial charge >= 0.3 is 0 Å². The molecular formula is C20H26N2O. The molecule has 0 amide bonds. The van der Waals surface area contributed by atoms with Gasteiger partial charge in [-0.05, 0) is 61.3 Å². The van der Waals surface area contributed by atoms with E-state index in [9.17, 15) is 5.11 Å². The van der Waals surface area contributed by atoms with Crippen LogP contribution in [0.1, 0.15) is 48.9 Å². The van der Waals surface area contributed by atoms with Crippen molar-refractivity contribution in [3.63, 3.8) is 0 Å². The van der Waals surface area contributed by atoms with Crippen LogP contribution in [-0.2, 0) is 6.42 Å². The summed E-state index contributed by atoms with van der Waals surface area (Å²) in [6.07, 6.45) is 5.21. The smallest absolute Gasteiger partial charge is 0.116 e. The van der Waals surface area contributed by atoms with Gasteiger partial charge in [0.2, 0.25) is 0 Å². The highest BCUT2D eigenvalue weighted by Crippen LogP contribution is 2.51. The number of hydrogen-bond donors (Lipinski definition) is 2. The summed E-state index contributed by atoms with van der Waals surface area (Å²) in [4.78, 5) is 6.58. The molecule has 3 nitrogen and oxygen atoms in total. The molecule has 4 bridgehead atoms. The number of rotatable bonds is 1. The summed E-state index contributed by atoms with van der Waals surface area (Å²) in [5.41, 5.74) is 5.38. The van der Waals surface area contributed by atoms with Crippen molar-refractivity contribution in [3.05, 3.63) is 29.0 Å². The van der Waals surface area contributed by atoms with Crippen molar-refractivity contribution in [2.75, 3.05) is 13.1 Å². The Morgan fingerprint density at radius 2 is 2.17 bits per heavy atom. The van der Waals surface area contributed by atoms with Crippen molar-refractivity contribution < 1.29 is 5.11 Å². The van der Waals surface area contributed by atoms with Gasteiger partial charge in [0.25, 0.3) is 0 Å². The topological polar surface area (TPSA) is 39.3 Å². The van der Waals surface area contributed by atoms with Gasteiger partial charge < -0.3 is 10.1 Å². The van der Waals surface area contributed by atoms with Crippen molar-refractivity contribution in [1.82, 2.24) is 9.88 Å². The van der Waals surface area contributed by atoms with Gasteiger partial charge in [-0.15, -0.1) is 0 Å². The molecule has 4 aliphatic rings. The first-order chi connectivity index (χ1) is 11.2. The molecule has 2 aromatic rings. The second kappa shape index (κ2) is 4.76. The maximum atomic E-state index is 10.0. The average Bonchev–Trinajstić information content (AvgIpc) is 2.86. The fourth-order valence-electron chi connectivity index (χ4n) is 5.95. The minimum absolute atomic E-state index is 0.400. The van der Waals surface area contributed by atoms with Crippen LogP contribution in [0.3, 0.4) is 0 Å². The Morgan fingerprint density at radius 1 is 1.30 bits per heavy atom. The monoisotopic (exact) mass is 310 g/mol. The standard InChI is InChI=1S/C20H26N2O/c1-3-13-7-12-8-17-19-15(4-5-22(10-12)20(13)17)16-9-14(23)6-11(2)18(16)21-19/h6,9,12-13,17,20-21,23H,3-5,7-8,10H2,1-2H3/t12-,13-,17-,20?/m0/s1. The molecule has 0 spiro atoms. The largest absolute Gasteiger partial charge is 0.508 e. The molecule has 1 aromatic heterocycles. The van der Waals surface area contributed by atoms with Crippen molar-refractivity contribution in [2.24, 2.45) is 11.8 Å². The Balaban J connectivity index is 1.71. The van der Waals surface area contributed by atoms with Crippen molar-refractivity contribution in [1.29, 1.82) is 0 Å². The van der Waals surface area contributed by atoms with Gasteiger partial charge in [0, 0.05) is 41.6 Å². The third kappa shape index (κ3) is 1.86. The molecule has 6 rings (SSSR count). The fourth-order valence-corrected chi connectivity index (χ4v) is 5.95. The predicted octanol–water partition coefficient (Wildman–Crippen LogP) is 3.94. The van der Waals surface area contributed by atoms with Crippen LogP contribution in [-0.4, -0.2) is 34.1 Å². The zero-order valence-corrected chi connectivity index (χ0v) is 14.1. The van der Waals surface area contributed by atoms with Crippen LogP contribution in [0.4, 0.5) is 0 Å². The van der Waals surface area contributed by atoms with E-state index >= 15 is 0 Å². The first-order valence-electron chi connectivity index (χ1n) is 9.23. The van der Waals surface area contributed by atoms with Crippen molar-refractivity contribution in [2.45, 2.75) is 51.5 Å². The lowest BCUT2D eigenvalue weighted by Gasteiger charge is -2.53. The molecule has 122 valence electrons. The van der Waals surface area contributed by atoms with E-state index in [0.717, 1.165) is 29.9 Å². The summed E-state index contributed by atoms with van der Waals surface area (Å²) < 4.78 is 0. The van der Waals surface area contributed by atoms with Gasteiger partial charge in [-0.1, -0.05) is 13.3 Å². The van der Waals surface area contributed by atoms with Crippen LogP contribution in [0.2, 0.25) is 0 Å². The third-order valence-electron chi connectivity index (χ3n) is 6.81. The molecule has 23 heavy (non-hydrogen) atoms. The number of aromatic nitrogens is 1. The molecule has 2 N–H and O–H groups in total. The molecule has 1 aliphatic carbocycles. The number of aryl methyl sites for hydroxylation is 1. The fraction of sp³-hybridized carbons (Fsp3) is 0.600. The number of hydrogen-bond acceptors (Lipinski definition) is 2. The van der Waals surface area contributed by atoms with Crippen LogP contribution in [0.5, 0.6) is 5.75 Å². The third-order valence-corrected chi connectivity index (χ3v) is 6.81. The number of phenolic OH excluding ortho intramolecular Hbond substituents is 1. The van der Waals surface area contributed by atoms with Gasteiger partial charge in [-0.25, -0.2) is 0 Å². The van der Waals surface area contributed by atoms with E-state index in [1.54, 1.807) is 0 Å². The number of benzene rings is 1. The van der Waals surface area contributed by atoms with Crippen molar-refractivity contribution in [3.8, 4) is 5.75 Å². The van der Waals surface area contributed by atoms with E-state index in [4.69, 9.17) is 0 Å². The molecule has 3 aliphatic heterocycles. The molecule has 5 atom stereocenters. The Labute approximate surface area is 137 Å². The van der Waals surface area contributed by atoms with Gasteiger partial charge in [0.05, 0.1) is 0 Å². The zero-order valence-electron chi connectivity index (χ0n) is 14.1. The predicted molar refractivity (Wildman–Crippen MR) is 93.0 cm³/mol. The van der Waals surface area contributed by atoms with Crippen LogP contribution >= 0.6 is 0 Å². The normalized spacial score (nSPS) is 35.3. The number of phenols is 1. The summed E-state index contributed by atoms with van der Waals surface area (Å²) in [7, 11) is 0. The van der Waals surface area contributed by atoms with Gasteiger partial charge in [0.15, 0.2) is 0 Å². The second-order valence-electron chi connectivity index (χ2n) is 8.05. The summed E-state index contributed by atoms with van der Waals surface area (Å²) in [5.74, 6) is 2.80. The maximum Gasteiger partial charge on any atom is 0.116 e. The summed E-state index contributed by atoms with van der Waals surface area (Å²) in [6, 6.07) is 4.58. The highest BCUT2D eigenvalue weighted by molar-refractivity contribution is 5.89. The Morgan fingerprint density at radius 3 is 3.00 bits per heavy atom. The number of nitrogens with zero attached hydrogens (tertiary/aromatic N) is 1. The highest BCUT2D eigenvalue weighted by atomic mass is 16.3. The molecule has 3 heteroatoms. The molecule has 4 heterocycles. The van der Waals surface area contributed by atoms with E-state index in [1.807, 2.05) is 12.1 Å². The van der Waals surface area contributed by atoms with E-state index in [2.05, 4.69) is 23.7 Å². The lowest BCUT2D eigenvalue weighted by molar-refractivity contribution is -0.0134. The maximum absolute atomic E-state index is 10.0. The summed E-state index contributed by atoms with van der Waals surface area (Å²) in [5, 5.41) is 11.3. The highest BCUT2D eigenvalue weighted by Gasteiger charge is 2.48. The molecule has 1 aromatic carbocycles. The van der Waals surface area contributed by atoms with E-state index < -0.39 is 0 Å². The summed E-state index contributed by atoms with van der Waals surface area (Å²) in [6.45, 7) is 6.96. The first-order valence-corrected chi connectivity index (χ1v) is 9.23. The van der Waals surface area contributed by atoms with Crippen LogP contribution in [0.25, 0.3) is 10.9 Å². The lowest BCUT2D eigenvalue weighted by Crippen LogP contribution is -2.56. The number of aromatic amines is 1. The second-order valence-corrected chi connectivity index (χ2v) is 8.05. The first kappa shape index (κ1) is 13.9. The molecule has 3 fully saturated rings. The van der Waals surface area contributed by atoms with Crippen LogP contribution < -0.4 is 0 Å². The molecule has 1 saturated carbocycles. The van der Waals surface area contributed by atoms with E-state index in [0.29, 0.717) is 11.7 Å².